The molecule has 25 heavy (non-hydrogen) atoms. The van der Waals surface area contributed by atoms with Crippen molar-refractivity contribution in [1.29, 1.82) is 0 Å². The summed E-state index contributed by atoms with van der Waals surface area (Å²) in [6.45, 7) is 5.68. The Hall–Kier alpha value is -1.48. The van der Waals surface area contributed by atoms with Crippen molar-refractivity contribution < 1.29 is 9.47 Å². The maximum atomic E-state index is 5.74. The highest BCUT2D eigenvalue weighted by atomic mass is 127. The molecule has 136 valence electrons. The molecular weight excluding hydrogens is 449 g/mol. The van der Waals surface area contributed by atoms with Gasteiger partial charge in [0.25, 0.3) is 0 Å². The lowest BCUT2D eigenvalue weighted by molar-refractivity contribution is 0.297. The molecule has 0 radical (unpaired) electrons. The zero-order chi connectivity index (χ0) is 16.6. The van der Waals surface area contributed by atoms with Crippen LogP contribution in [0.2, 0.25) is 0 Å². The normalized spacial score (nSPS) is 13.6. The van der Waals surface area contributed by atoms with Gasteiger partial charge in [0.2, 0.25) is 0 Å². The molecule has 1 aromatic heterocycles. The fourth-order valence-corrected chi connectivity index (χ4v) is 3.06. The lowest BCUT2D eigenvalue weighted by atomic mass is 10.2. The molecule has 0 aliphatic carbocycles. The first-order valence-electron chi connectivity index (χ1n) is 8.27. The molecule has 1 aliphatic rings. The minimum Gasteiger partial charge on any atom is -0.490 e. The molecule has 0 atom stereocenters. The second kappa shape index (κ2) is 10.5. The van der Waals surface area contributed by atoms with Crippen LogP contribution >= 0.6 is 35.3 Å². The number of benzene rings is 1. The highest BCUT2D eigenvalue weighted by Gasteiger charge is 2.10. The Kier molecular flexibility index (Phi) is 8.33. The van der Waals surface area contributed by atoms with E-state index in [0.29, 0.717) is 26.3 Å². The molecule has 1 aromatic carbocycles. The van der Waals surface area contributed by atoms with Crippen molar-refractivity contribution in [2.24, 2.45) is 4.99 Å². The molecule has 0 amide bonds. The molecule has 1 aliphatic heterocycles. The van der Waals surface area contributed by atoms with E-state index in [2.05, 4.69) is 45.4 Å². The van der Waals surface area contributed by atoms with Gasteiger partial charge >= 0.3 is 0 Å². The van der Waals surface area contributed by atoms with E-state index in [1.807, 2.05) is 12.1 Å². The Morgan fingerprint density at radius 3 is 2.72 bits per heavy atom. The first-order chi connectivity index (χ1) is 11.8. The van der Waals surface area contributed by atoms with Crippen molar-refractivity contribution in [3.8, 4) is 11.5 Å². The summed E-state index contributed by atoms with van der Waals surface area (Å²) in [4.78, 5) is 4.62. The molecule has 0 fully saturated rings. The zero-order valence-electron chi connectivity index (χ0n) is 14.3. The second-order valence-electron chi connectivity index (χ2n) is 5.51. The number of hydrogen-bond donors (Lipinski definition) is 2. The Labute approximate surface area is 169 Å². The molecule has 3 rings (SSSR count). The number of guanidine groups is 1. The van der Waals surface area contributed by atoms with Crippen molar-refractivity contribution in [3.63, 3.8) is 0 Å². The Morgan fingerprint density at radius 2 is 1.96 bits per heavy atom. The summed E-state index contributed by atoms with van der Waals surface area (Å²) in [5.74, 6) is 2.47. The molecule has 0 unspecified atom stereocenters. The van der Waals surface area contributed by atoms with E-state index >= 15 is 0 Å². The van der Waals surface area contributed by atoms with Crippen molar-refractivity contribution >= 4 is 41.3 Å². The van der Waals surface area contributed by atoms with Crippen LogP contribution in [0.4, 0.5) is 0 Å². The second-order valence-corrected chi connectivity index (χ2v) is 6.29. The average Bonchev–Trinajstić information content (AvgIpc) is 3.01. The summed E-state index contributed by atoms with van der Waals surface area (Å²) in [6, 6.07) is 8.17. The van der Waals surface area contributed by atoms with Crippen molar-refractivity contribution in [2.75, 3.05) is 19.8 Å². The van der Waals surface area contributed by atoms with E-state index in [1.54, 1.807) is 11.3 Å². The van der Waals surface area contributed by atoms with Gasteiger partial charge in [0, 0.05) is 19.5 Å². The van der Waals surface area contributed by atoms with Crippen LogP contribution in [0.25, 0.3) is 0 Å². The number of nitrogens with one attached hydrogen (secondary N) is 2. The van der Waals surface area contributed by atoms with Crippen LogP contribution in [-0.2, 0) is 13.1 Å². The van der Waals surface area contributed by atoms with Gasteiger partial charge in [-0.1, -0.05) is 6.07 Å². The quantitative estimate of drug-likeness (QED) is 0.395. The molecule has 0 saturated carbocycles. The van der Waals surface area contributed by atoms with Crippen LogP contribution in [0.1, 0.15) is 24.5 Å². The Morgan fingerprint density at radius 1 is 1.12 bits per heavy atom. The summed E-state index contributed by atoms with van der Waals surface area (Å²) in [5.41, 5.74) is 2.37. The minimum atomic E-state index is 0. The fraction of sp³-hybridized carbons (Fsp3) is 0.389. The smallest absolute Gasteiger partial charge is 0.191 e. The monoisotopic (exact) mass is 473 g/mol. The van der Waals surface area contributed by atoms with Crippen LogP contribution in [0, 0.1) is 0 Å². The number of ether oxygens (including phenoxy) is 2. The van der Waals surface area contributed by atoms with Crippen molar-refractivity contribution in [2.45, 2.75) is 26.4 Å². The molecule has 0 spiro atoms. The largest absolute Gasteiger partial charge is 0.490 e. The van der Waals surface area contributed by atoms with Crippen LogP contribution < -0.4 is 20.1 Å². The summed E-state index contributed by atoms with van der Waals surface area (Å²) in [7, 11) is 0. The van der Waals surface area contributed by atoms with Gasteiger partial charge in [-0.15, -0.1) is 24.0 Å². The topological polar surface area (TPSA) is 54.9 Å². The number of fused-ring (bicyclic) bond motifs is 1. The predicted molar refractivity (Wildman–Crippen MR) is 113 cm³/mol. The van der Waals surface area contributed by atoms with E-state index in [0.717, 1.165) is 36.0 Å². The van der Waals surface area contributed by atoms with Gasteiger partial charge in [0.15, 0.2) is 17.5 Å². The lowest BCUT2D eigenvalue weighted by Gasteiger charge is -2.13. The molecule has 2 heterocycles. The number of rotatable bonds is 5. The van der Waals surface area contributed by atoms with Crippen LogP contribution in [0.3, 0.4) is 0 Å². The highest BCUT2D eigenvalue weighted by molar-refractivity contribution is 14.0. The Balaban J connectivity index is 0.00000225. The van der Waals surface area contributed by atoms with Crippen LogP contribution in [0.5, 0.6) is 11.5 Å². The molecule has 0 bridgehead atoms. The summed E-state index contributed by atoms with van der Waals surface area (Å²) < 4.78 is 11.4. The number of thiophene rings is 1. The summed E-state index contributed by atoms with van der Waals surface area (Å²) in [5, 5.41) is 10.8. The number of halogens is 1. The van der Waals surface area contributed by atoms with Gasteiger partial charge in [-0.25, -0.2) is 4.99 Å². The average molecular weight is 473 g/mol. The van der Waals surface area contributed by atoms with Crippen molar-refractivity contribution in [1.82, 2.24) is 10.6 Å². The highest BCUT2D eigenvalue weighted by Crippen LogP contribution is 2.30. The van der Waals surface area contributed by atoms with Gasteiger partial charge in [-0.3, -0.25) is 0 Å². The zero-order valence-corrected chi connectivity index (χ0v) is 17.4. The molecule has 0 saturated heterocycles. The molecular formula is C18H24IN3O2S. The predicted octanol–water partition coefficient (Wildman–Crippen LogP) is 3.78. The van der Waals surface area contributed by atoms with Gasteiger partial charge < -0.3 is 20.1 Å². The standard InChI is InChI=1S/C18H23N3O2S.HI/c1-2-19-18(21-12-15-6-9-24-13-15)20-11-14-4-5-16-17(10-14)23-8-3-7-22-16;/h4-6,9-10,13H,2-3,7-8,11-12H2,1H3,(H2,19,20,21);1H. The van der Waals surface area contributed by atoms with Crippen LogP contribution in [0.15, 0.2) is 40.0 Å². The fourth-order valence-electron chi connectivity index (χ4n) is 2.40. The third-order valence-electron chi connectivity index (χ3n) is 3.62. The van der Waals surface area contributed by atoms with Gasteiger partial charge in [0.1, 0.15) is 0 Å². The maximum absolute atomic E-state index is 5.74. The Bertz CT molecular complexity index is 677. The van der Waals surface area contributed by atoms with Crippen molar-refractivity contribution in [3.05, 3.63) is 46.2 Å². The molecule has 2 aromatic rings. The summed E-state index contributed by atoms with van der Waals surface area (Å²) in [6.07, 6.45) is 0.919. The number of hydrogen-bond acceptors (Lipinski definition) is 4. The maximum Gasteiger partial charge on any atom is 0.191 e. The number of nitrogens with zero attached hydrogens (tertiary/aromatic N) is 1. The van der Waals surface area contributed by atoms with E-state index < -0.39 is 0 Å². The summed E-state index contributed by atoms with van der Waals surface area (Å²) >= 11 is 1.69. The third kappa shape index (κ3) is 6.07. The minimum absolute atomic E-state index is 0. The van der Waals surface area contributed by atoms with E-state index in [9.17, 15) is 0 Å². The van der Waals surface area contributed by atoms with Gasteiger partial charge in [-0.2, -0.15) is 11.3 Å². The third-order valence-corrected chi connectivity index (χ3v) is 4.35. The van der Waals surface area contributed by atoms with E-state index in [-0.39, 0.29) is 24.0 Å². The van der Waals surface area contributed by atoms with Gasteiger partial charge in [-0.05, 0) is 47.0 Å². The van der Waals surface area contributed by atoms with E-state index in [1.165, 1.54) is 5.56 Å². The molecule has 7 heteroatoms. The first kappa shape index (κ1) is 19.8. The first-order valence-corrected chi connectivity index (χ1v) is 9.21. The van der Waals surface area contributed by atoms with Gasteiger partial charge in [0.05, 0.1) is 19.8 Å². The molecule has 5 nitrogen and oxygen atoms in total. The number of aliphatic imine (C=N–C) groups is 1. The SMILES string of the molecule is CCNC(=NCc1ccsc1)NCc1ccc2c(c1)OCCCO2.I. The molecule has 2 N–H and O–H groups in total. The van der Waals surface area contributed by atoms with Crippen LogP contribution in [-0.4, -0.2) is 25.7 Å². The van der Waals surface area contributed by atoms with E-state index in [4.69, 9.17) is 9.47 Å². The lowest BCUT2D eigenvalue weighted by Crippen LogP contribution is -2.36.